The van der Waals surface area contributed by atoms with Crippen LogP contribution in [0.15, 0.2) is 81.3 Å². The first-order valence-electron chi connectivity index (χ1n) is 8.82. The SMILES string of the molecule is O=C(CSc1nc2ccccc2c(=O)n1-c1ccccc1Cl)NCc1ccco1. The molecule has 1 N–H and O–H groups in total. The summed E-state index contributed by atoms with van der Waals surface area (Å²) in [4.78, 5) is 30.0. The largest absolute Gasteiger partial charge is 0.467 e. The highest BCUT2D eigenvalue weighted by molar-refractivity contribution is 7.99. The molecule has 0 aliphatic carbocycles. The Morgan fingerprint density at radius 2 is 1.90 bits per heavy atom. The Balaban J connectivity index is 1.65. The van der Waals surface area contributed by atoms with Crippen molar-refractivity contribution in [1.82, 2.24) is 14.9 Å². The maximum Gasteiger partial charge on any atom is 0.266 e. The van der Waals surface area contributed by atoms with Crippen LogP contribution in [0.5, 0.6) is 0 Å². The number of amides is 1. The summed E-state index contributed by atoms with van der Waals surface area (Å²) >= 11 is 7.51. The molecule has 0 bridgehead atoms. The first-order valence-corrected chi connectivity index (χ1v) is 10.2. The smallest absolute Gasteiger partial charge is 0.266 e. The van der Waals surface area contributed by atoms with E-state index in [4.69, 9.17) is 16.0 Å². The Kier molecular flexibility index (Phi) is 5.69. The molecule has 2 aromatic heterocycles. The minimum Gasteiger partial charge on any atom is -0.467 e. The Morgan fingerprint density at radius 3 is 2.69 bits per heavy atom. The van der Waals surface area contributed by atoms with Crippen LogP contribution in [0.25, 0.3) is 16.6 Å². The highest BCUT2D eigenvalue weighted by Crippen LogP contribution is 2.25. The molecular weight excluding hydrogens is 410 g/mol. The molecule has 0 saturated carbocycles. The number of aromatic nitrogens is 2. The second-order valence-electron chi connectivity index (χ2n) is 6.15. The van der Waals surface area contributed by atoms with E-state index in [9.17, 15) is 9.59 Å². The van der Waals surface area contributed by atoms with Gasteiger partial charge in [-0.1, -0.05) is 47.6 Å². The molecule has 0 atom stereocenters. The van der Waals surface area contributed by atoms with Crippen LogP contribution in [-0.2, 0) is 11.3 Å². The lowest BCUT2D eigenvalue weighted by Crippen LogP contribution is -2.26. The van der Waals surface area contributed by atoms with Crippen molar-refractivity contribution in [2.45, 2.75) is 11.7 Å². The van der Waals surface area contributed by atoms with Gasteiger partial charge in [-0.2, -0.15) is 0 Å². The lowest BCUT2D eigenvalue weighted by atomic mass is 10.2. The van der Waals surface area contributed by atoms with Gasteiger partial charge >= 0.3 is 0 Å². The number of hydrogen-bond donors (Lipinski definition) is 1. The molecule has 4 aromatic rings. The fraction of sp³-hybridized carbons (Fsp3) is 0.0952. The molecule has 0 aliphatic rings. The zero-order valence-corrected chi connectivity index (χ0v) is 16.7. The van der Waals surface area contributed by atoms with Gasteiger partial charge in [-0.15, -0.1) is 0 Å². The number of hydrogen-bond acceptors (Lipinski definition) is 5. The summed E-state index contributed by atoms with van der Waals surface area (Å²) in [5.41, 5.74) is 0.859. The summed E-state index contributed by atoms with van der Waals surface area (Å²) in [5.74, 6) is 0.565. The van der Waals surface area contributed by atoms with Crippen molar-refractivity contribution < 1.29 is 9.21 Å². The van der Waals surface area contributed by atoms with Crippen LogP contribution in [0.4, 0.5) is 0 Å². The molecule has 146 valence electrons. The number of furan rings is 1. The molecule has 0 saturated heterocycles. The molecule has 29 heavy (non-hydrogen) atoms. The third kappa shape index (κ3) is 4.21. The van der Waals surface area contributed by atoms with E-state index >= 15 is 0 Å². The van der Waals surface area contributed by atoms with Crippen molar-refractivity contribution in [3.63, 3.8) is 0 Å². The zero-order valence-electron chi connectivity index (χ0n) is 15.2. The number of halogens is 1. The second kappa shape index (κ2) is 8.55. The highest BCUT2D eigenvalue weighted by Gasteiger charge is 2.16. The van der Waals surface area contributed by atoms with Gasteiger partial charge in [0, 0.05) is 0 Å². The van der Waals surface area contributed by atoms with Gasteiger partial charge in [0.05, 0.1) is 40.2 Å². The number of fused-ring (bicyclic) bond motifs is 1. The van der Waals surface area contributed by atoms with E-state index in [2.05, 4.69) is 10.3 Å². The normalized spacial score (nSPS) is 10.9. The van der Waals surface area contributed by atoms with Crippen LogP contribution in [0.3, 0.4) is 0 Å². The predicted molar refractivity (Wildman–Crippen MR) is 114 cm³/mol. The first kappa shape index (κ1) is 19.3. The van der Waals surface area contributed by atoms with Gasteiger partial charge in [0.1, 0.15) is 5.76 Å². The Labute approximate surface area is 175 Å². The minimum atomic E-state index is -0.234. The lowest BCUT2D eigenvalue weighted by Gasteiger charge is -2.14. The summed E-state index contributed by atoms with van der Waals surface area (Å²) in [5, 5.41) is 4.09. The van der Waals surface area contributed by atoms with Crippen molar-refractivity contribution >= 4 is 40.2 Å². The van der Waals surface area contributed by atoms with Crippen molar-refractivity contribution in [3.8, 4) is 5.69 Å². The quantitative estimate of drug-likeness (QED) is 0.372. The maximum absolute atomic E-state index is 13.2. The van der Waals surface area contributed by atoms with Crippen molar-refractivity contribution in [2.24, 2.45) is 0 Å². The number of nitrogens with one attached hydrogen (secondary N) is 1. The van der Waals surface area contributed by atoms with E-state index in [1.54, 1.807) is 60.9 Å². The standard InChI is InChI=1S/C21H16ClN3O3S/c22-16-8-2-4-10-18(16)25-20(27)15-7-1-3-9-17(15)24-21(25)29-13-19(26)23-12-14-6-5-11-28-14/h1-11H,12-13H2,(H,23,26). The Bertz CT molecular complexity index is 1220. The number of carbonyl (C=O) groups is 1. The molecule has 0 unspecified atom stereocenters. The zero-order chi connectivity index (χ0) is 20.2. The van der Waals surface area contributed by atoms with Crippen molar-refractivity contribution in [2.75, 3.05) is 5.75 Å². The molecule has 0 aliphatic heterocycles. The van der Waals surface area contributed by atoms with E-state index in [0.29, 0.717) is 39.1 Å². The molecule has 2 aromatic carbocycles. The van der Waals surface area contributed by atoms with Crippen LogP contribution in [0.1, 0.15) is 5.76 Å². The van der Waals surface area contributed by atoms with Gasteiger partial charge in [-0.05, 0) is 36.4 Å². The van der Waals surface area contributed by atoms with Crippen molar-refractivity contribution in [3.05, 3.63) is 88.1 Å². The summed E-state index contributed by atoms with van der Waals surface area (Å²) in [6.45, 7) is 0.300. The molecule has 0 radical (unpaired) electrons. The topological polar surface area (TPSA) is 77.1 Å². The molecule has 6 nitrogen and oxygen atoms in total. The lowest BCUT2D eigenvalue weighted by molar-refractivity contribution is -0.118. The highest BCUT2D eigenvalue weighted by atomic mass is 35.5. The number of thioether (sulfide) groups is 1. The second-order valence-corrected chi connectivity index (χ2v) is 7.50. The monoisotopic (exact) mass is 425 g/mol. The van der Waals surface area contributed by atoms with Crippen LogP contribution < -0.4 is 10.9 Å². The first-order chi connectivity index (χ1) is 14.1. The average molecular weight is 426 g/mol. The summed E-state index contributed by atoms with van der Waals surface area (Å²) in [6.07, 6.45) is 1.55. The predicted octanol–water partition coefficient (Wildman–Crippen LogP) is 4.04. The summed E-state index contributed by atoms with van der Waals surface area (Å²) in [7, 11) is 0. The number of nitrogens with zero attached hydrogens (tertiary/aromatic N) is 2. The van der Waals surface area contributed by atoms with Gasteiger partial charge in [0.2, 0.25) is 5.91 Å². The molecule has 1 amide bonds. The maximum atomic E-state index is 13.2. The fourth-order valence-electron chi connectivity index (χ4n) is 2.83. The Hall–Kier alpha value is -3.03. The van der Waals surface area contributed by atoms with Crippen LogP contribution >= 0.6 is 23.4 Å². The number of benzene rings is 2. The van der Waals surface area contributed by atoms with E-state index < -0.39 is 0 Å². The van der Waals surface area contributed by atoms with Gasteiger partial charge in [0.25, 0.3) is 5.56 Å². The van der Waals surface area contributed by atoms with Crippen molar-refractivity contribution in [1.29, 1.82) is 0 Å². The molecule has 2 heterocycles. The van der Waals surface area contributed by atoms with Crippen LogP contribution in [0, 0.1) is 0 Å². The fourth-order valence-corrected chi connectivity index (χ4v) is 3.89. The third-order valence-corrected chi connectivity index (χ3v) is 5.47. The molecular formula is C21H16ClN3O3S. The average Bonchev–Trinajstić information content (AvgIpc) is 3.25. The van der Waals surface area contributed by atoms with Crippen LogP contribution in [0.2, 0.25) is 5.02 Å². The molecule has 8 heteroatoms. The Morgan fingerprint density at radius 1 is 1.10 bits per heavy atom. The van der Waals surface area contributed by atoms with Gasteiger partial charge in [-0.3, -0.25) is 14.2 Å². The number of para-hydroxylation sites is 2. The van der Waals surface area contributed by atoms with Gasteiger partial charge in [0.15, 0.2) is 5.16 Å². The minimum absolute atomic E-state index is 0.0932. The molecule has 0 fully saturated rings. The van der Waals surface area contributed by atoms with E-state index in [1.807, 2.05) is 6.07 Å². The molecule has 4 rings (SSSR count). The van der Waals surface area contributed by atoms with E-state index in [-0.39, 0.29) is 17.2 Å². The van der Waals surface area contributed by atoms with Gasteiger partial charge < -0.3 is 9.73 Å². The van der Waals surface area contributed by atoms with E-state index in [0.717, 1.165) is 0 Å². The number of carbonyl (C=O) groups excluding carboxylic acids is 1. The van der Waals surface area contributed by atoms with E-state index in [1.165, 1.54) is 16.3 Å². The molecule has 0 spiro atoms. The van der Waals surface area contributed by atoms with Gasteiger partial charge in [-0.25, -0.2) is 4.98 Å². The number of rotatable bonds is 6. The van der Waals surface area contributed by atoms with Crippen LogP contribution in [-0.4, -0.2) is 21.2 Å². The summed E-state index contributed by atoms with van der Waals surface area (Å²) in [6, 6.07) is 17.7. The third-order valence-electron chi connectivity index (χ3n) is 4.21. The summed E-state index contributed by atoms with van der Waals surface area (Å²) < 4.78 is 6.66.